The molecule has 1 aromatic rings. The van der Waals surface area contributed by atoms with Gasteiger partial charge in [0.25, 0.3) is 0 Å². The molecular formula is C9H18N4. The standard InChI is InChI=1S/C9H18N4/c1-5-6-7-8-10-11-12-13(8)9(2,3)4/h5-7H2,1-4H3. The van der Waals surface area contributed by atoms with Gasteiger partial charge in [-0.05, 0) is 37.6 Å². The van der Waals surface area contributed by atoms with E-state index in [0.29, 0.717) is 0 Å². The molecular weight excluding hydrogens is 164 g/mol. The van der Waals surface area contributed by atoms with Crippen molar-refractivity contribution in [2.45, 2.75) is 52.5 Å². The molecule has 1 aromatic heterocycles. The number of nitrogens with zero attached hydrogens (tertiary/aromatic N) is 4. The van der Waals surface area contributed by atoms with E-state index in [1.807, 2.05) is 4.68 Å². The van der Waals surface area contributed by atoms with Gasteiger partial charge in [-0.2, -0.15) is 0 Å². The van der Waals surface area contributed by atoms with E-state index in [1.165, 1.54) is 6.42 Å². The van der Waals surface area contributed by atoms with Crippen LogP contribution in [0.4, 0.5) is 0 Å². The van der Waals surface area contributed by atoms with Gasteiger partial charge in [-0.15, -0.1) is 5.10 Å². The first kappa shape index (κ1) is 10.2. The van der Waals surface area contributed by atoms with Gasteiger partial charge in [-0.3, -0.25) is 0 Å². The first-order chi connectivity index (χ1) is 6.05. The Bertz CT molecular complexity index is 259. The van der Waals surface area contributed by atoms with Gasteiger partial charge in [0.1, 0.15) is 0 Å². The molecule has 0 N–H and O–H groups in total. The van der Waals surface area contributed by atoms with Crippen LogP contribution in [0.2, 0.25) is 0 Å². The summed E-state index contributed by atoms with van der Waals surface area (Å²) in [6.45, 7) is 8.50. The molecule has 0 unspecified atom stereocenters. The molecule has 1 rings (SSSR count). The van der Waals surface area contributed by atoms with Gasteiger partial charge in [0, 0.05) is 6.42 Å². The van der Waals surface area contributed by atoms with Gasteiger partial charge >= 0.3 is 0 Å². The van der Waals surface area contributed by atoms with E-state index in [4.69, 9.17) is 0 Å². The first-order valence-electron chi connectivity index (χ1n) is 4.83. The smallest absolute Gasteiger partial charge is 0.151 e. The minimum absolute atomic E-state index is 0.00737. The van der Waals surface area contributed by atoms with Crippen molar-refractivity contribution in [1.82, 2.24) is 20.2 Å². The number of unbranched alkanes of at least 4 members (excludes halogenated alkanes) is 1. The largest absolute Gasteiger partial charge is 0.224 e. The van der Waals surface area contributed by atoms with Gasteiger partial charge in [-0.1, -0.05) is 13.3 Å². The molecule has 0 amide bonds. The molecule has 0 aliphatic carbocycles. The van der Waals surface area contributed by atoms with Crippen LogP contribution in [0.3, 0.4) is 0 Å². The minimum atomic E-state index is -0.00737. The first-order valence-corrected chi connectivity index (χ1v) is 4.83. The summed E-state index contributed by atoms with van der Waals surface area (Å²) in [6.07, 6.45) is 3.30. The monoisotopic (exact) mass is 182 g/mol. The Morgan fingerprint density at radius 3 is 2.54 bits per heavy atom. The van der Waals surface area contributed by atoms with E-state index in [1.54, 1.807) is 0 Å². The summed E-state index contributed by atoms with van der Waals surface area (Å²) < 4.78 is 1.91. The zero-order valence-electron chi connectivity index (χ0n) is 8.91. The number of rotatable bonds is 3. The van der Waals surface area contributed by atoms with Crippen LogP contribution in [-0.4, -0.2) is 20.2 Å². The number of hydrogen-bond donors (Lipinski definition) is 0. The van der Waals surface area contributed by atoms with Crippen molar-refractivity contribution in [3.63, 3.8) is 0 Å². The highest BCUT2D eigenvalue weighted by Gasteiger charge is 2.18. The van der Waals surface area contributed by atoms with E-state index in [9.17, 15) is 0 Å². The van der Waals surface area contributed by atoms with Crippen LogP contribution < -0.4 is 0 Å². The van der Waals surface area contributed by atoms with E-state index in [2.05, 4.69) is 43.2 Å². The van der Waals surface area contributed by atoms with Crippen molar-refractivity contribution in [1.29, 1.82) is 0 Å². The second-order valence-electron chi connectivity index (χ2n) is 4.28. The summed E-state index contributed by atoms with van der Waals surface area (Å²) in [5.41, 5.74) is -0.00737. The van der Waals surface area contributed by atoms with Gasteiger partial charge in [0.05, 0.1) is 5.54 Å². The van der Waals surface area contributed by atoms with E-state index in [0.717, 1.165) is 18.7 Å². The maximum Gasteiger partial charge on any atom is 0.151 e. The maximum absolute atomic E-state index is 4.02. The Labute approximate surface area is 79.3 Å². The lowest BCUT2D eigenvalue weighted by atomic mass is 10.1. The molecule has 1 heterocycles. The summed E-state index contributed by atoms with van der Waals surface area (Å²) in [5, 5.41) is 11.7. The highest BCUT2D eigenvalue weighted by atomic mass is 15.6. The van der Waals surface area contributed by atoms with Crippen LogP contribution in [0, 0.1) is 0 Å². The lowest BCUT2D eigenvalue weighted by Gasteiger charge is -2.19. The van der Waals surface area contributed by atoms with E-state index in [-0.39, 0.29) is 5.54 Å². The molecule has 0 aromatic carbocycles. The summed E-state index contributed by atoms with van der Waals surface area (Å²) in [6, 6.07) is 0. The van der Waals surface area contributed by atoms with Crippen LogP contribution in [0.1, 0.15) is 46.4 Å². The van der Waals surface area contributed by atoms with Crippen LogP contribution in [-0.2, 0) is 12.0 Å². The van der Waals surface area contributed by atoms with Crippen molar-refractivity contribution in [3.8, 4) is 0 Å². The molecule has 4 nitrogen and oxygen atoms in total. The van der Waals surface area contributed by atoms with Crippen molar-refractivity contribution < 1.29 is 0 Å². The molecule has 0 radical (unpaired) electrons. The summed E-state index contributed by atoms with van der Waals surface area (Å²) >= 11 is 0. The third-order valence-electron chi connectivity index (χ3n) is 1.92. The van der Waals surface area contributed by atoms with E-state index >= 15 is 0 Å². The highest BCUT2D eigenvalue weighted by Crippen LogP contribution is 2.14. The fourth-order valence-corrected chi connectivity index (χ4v) is 1.22. The molecule has 74 valence electrons. The molecule has 0 aliphatic rings. The zero-order valence-corrected chi connectivity index (χ0v) is 8.91. The Morgan fingerprint density at radius 2 is 2.00 bits per heavy atom. The molecule has 0 spiro atoms. The lowest BCUT2D eigenvalue weighted by Crippen LogP contribution is -2.25. The van der Waals surface area contributed by atoms with E-state index < -0.39 is 0 Å². The third kappa shape index (κ3) is 2.50. The fourth-order valence-electron chi connectivity index (χ4n) is 1.22. The Morgan fingerprint density at radius 1 is 1.31 bits per heavy atom. The highest BCUT2D eigenvalue weighted by molar-refractivity contribution is 4.86. The second kappa shape index (κ2) is 3.85. The second-order valence-corrected chi connectivity index (χ2v) is 4.28. The van der Waals surface area contributed by atoms with Crippen LogP contribution in [0.25, 0.3) is 0 Å². The predicted molar refractivity (Wildman–Crippen MR) is 51.4 cm³/mol. The molecule has 0 bridgehead atoms. The fraction of sp³-hybridized carbons (Fsp3) is 0.889. The average molecular weight is 182 g/mol. The summed E-state index contributed by atoms with van der Waals surface area (Å²) in [4.78, 5) is 0. The van der Waals surface area contributed by atoms with Crippen molar-refractivity contribution >= 4 is 0 Å². The Kier molecular flexibility index (Phi) is 3.01. The molecule has 0 fully saturated rings. The van der Waals surface area contributed by atoms with Gasteiger partial charge in [0.2, 0.25) is 0 Å². The quantitative estimate of drug-likeness (QED) is 0.715. The van der Waals surface area contributed by atoms with Crippen molar-refractivity contribution in [2.24, 2.45) is 0 Å². The SMILES string of the molecule is CCCCc1nnnn1C(C)(C)C. The number of aryl methyl sites for hydroxylation is 1. The zero-order chi connectivity index (χ0) is 9.90. The van der Waals surface area contributed by atoms with Crippen molar-refractivity contribution in [2.75, 3.05) is 0 Å². The lowest BCUT2D eigenvalue weighted by molar-refractivity contribution is 0.334. The molecule has 13 heavy (non-hydrogen) atoms. The Hall–Kier alpha value is -0.930. The van der Waals surface area contributed by atoms with Crippen LogP contribution in [0.5, 0.6) is 0 Å². The maximum atomic E-state index is 4.02. The van der Waals surface area contributed by atoms with Crippen LogP contribution >= 0.6 is 0 Å². The number of aromatic nitrogens is 4. The minimum Gasteiger partial charge on any atom is -0.224 e. The topological polar surface area (TPSA) is 43.6 Å². The predicted octanol–water partition coefficient (Wildman–Crippen LogP) is 1.77. The van der Waals surface area contributed by atoms with Gasteiger partial charge in [-0.25, -0.2) is 4.68 Å². The molecule has 0 saturated heterocycles. The number of hydrogen-bond acceptors (Lipinski definition) is 3. The average Bonchev–Trinajstić information content (AvgIpc) is 2.47. The molecule has 0 atom stereocenters. The molecule has 4 heteroatoms. The Balaban J connectivity index is 2.77. The normalized spacial score (nSPS) is 12.0. The molecule has 0 saturated carbocycles. The van der Waals surface area contributed by atoms with Crippen molar-refractivity contribution in [3.05, 3.63) is 5.82 Å². The summed E-state index contributed by atoms with van der Waals surface area (Å²) in [7, 11) is 0. The van der Waals surface area contributed by atoms with Gasteiger partial charge < -0.3 is 0 Å². The van der Waals surface area contributed by atoms with Gasteiger partial charge in [0.15, 0.2) is 5.82 Å². The number of tetrazole rings is 1. The summed E-state index contributed by atoms with van der Waals surface area (Å²) in [5.74, 6) is 0.995. The molecule has 0 aliphatic heterocycles. The third-order valence-corrected chi connectivity index (χ3v) is 1.92. The van der Waals surface area contributed by atoms with Crippen LogP contribution in [0.15, 0.2) is 0 Å².